The van der Waals surface area contributed by atoms with Crippen molar-refractivity contribution in [1.29, 1.82) is 0 Å². The molecule has 0 fully saturated rings. The molecule has 54 heavy (non-hydrogen) atoms. The number of aromatic nitrogens is 3. The topological polar surface area (TPSA) is 39.3 Å². The molecule has 11 aromatic rings. The number of benzene rings is 9. The highest BCUT2D eigenvalue weighted by Gasteiger charge is 2.21. The second-order valence-corrected chi connectivity index (χ2v) is 13.9. The van der Waals surface area contributed by atoms with E-state index in [-0.39, 0.29) is 5.69 Å². The molecule has 4 nitrogen and oxygen atoms in total. The minimum Gasteiger partial charge on any atom is -0.262 e. The molecule has 4 heteroatoms. The van der Waals surface area contributed by atoms with E-state index in [4.69, 9.17) is 4.98 Å². The average molecular weight is 690 g/mol. The highest BCUT2D eigenvalue weighted by Crippen LogP contribution is 2.46. The van der Waals surface area contributed by atoms with Crippen molar-refractivity contribution in [3.63, 3.8) is 0 Å². The lowest BCUT2D eigenvalue weighted by atomic mass is 9.84. The van der Waals surface area contributed by atoms with Crippen molar-refractivity contribution >= 4 is 59.9 Å². The molecule has 2 aromatic heterocycles. The van der Waals surface area contributed by atoms with Crippen LogP contribution in [0.25, 0.3) is 99.0 Å². The number of hydrogen-bond donors (Lipinski definition) is 0. The van der Waals surface area contributed by atoms with Gasteiger partial charge in [0.25, 0.3) is 0 Å². The van der Waals surface area contributed by atoms with Crippen LogP contribution in [0.3, 0.4) is 0 Å². The third-order valence-electron chi connectivity index (χ3n) is 10.9. The van der Waals surface area contributed by atoms with Gasteiger partial charge in [0.05, 0.1) is 22.2 Å². The van der Waals surface area contributed by atoms with Gasteiger partial charge in [-0.25, -0.2) is 14.2 Å². The van der Waals surface area contributed by atoms with Crippen LogP contribution in [0.4, 0.5) is 0 Å². The molecule has 0 radical (unpaired) electrons. The van der Waals surface area contributed by atoms with E-state index >= 15 is 0 Å². The molecule has 0 unspecified atom stereocenters. The first-order chi connectivity index (χ1) is 26.7. The Bertz CT molecular complexity index is 3340. The van der Waals surface area contributed by atoms with Gasteiger partial charge in [0.15, 0.2) is 5.65 Å². The van der Waals surface area contributed by atoms with Crippen molar-refractivity contribution in [2.75, 3.05) is 0 Å². The van der Waals surface area contributed by atoms with Crippen LogP contribution in [-0.2, 0) is 0 Å². The van der Waals surface area contributed by atoms with Gasteiger partial charge in [0, 0.05) is 5.39 Å². The minimum atomic E-state index is -0.151. The van der Waals surface area contributed by atoms with Crippen LogP contribution in [0, 0.1) is 0 Å². The van der Waals surface area contributed by atoms with E-state index in [0.717, 1.165) is 60.6 Å². The third kappa shape index (κ3) is 4.57. The maximum Gasteiger partial charge on any atom is 0.339 e. The molecule has 0 bridgehead atoms. The molecular formula is C50H31N3O. The van der Waals surface area contributed by atoms with E-state index < -0.39 is 0 Å². The van der Waals surface area contributed by atoms with Gasteiger partial charge in [0.1, 0.15) is 0 Å². The van der Waals surface area contributed by atoms with Crippen molar-refractivity contribution < 1.29 is 0 Å². The summed E-state index contributed by atoms with van der Waals surface area (Å²) in [6, 6.07) is 65.8. The van der Waals surface area contributed by atoms with Crippen LogP contribution in [0.1, 0.15) is 0 Å². The molecule has 0 spiro atoms. The van der Waals surface area contributed by atoms with E-state index in [1.807, 2.05) is 59.2 Å². The molecular weight excluding hydrogens is 659 g/mol. The van der Waals surface area contributed by atoms with Crippen molar-refractivity contribution in [3.05, 3.63) is 199 Å². The van der Waals surface area contributed by atoms with E-state index in [1.54, 1.807) is 4.40 Å². The Kier molecular flexibility index (Phi) is 6.67. The predicted molar refractivity (Wildman–Crippen MR) is 225 cm³/mol. The zero-order chi connectivity index (χ0) is 35.8. The van der Waals surface area contributed by atoms with Crippen molar-refractivity contribution in [3.8, 4) is 39.1 Å². The van der Waals surface area contributed by atoms with Crippen molar-refractivity contribution in [1.82, 2.24) is 14.0 Å². The molecule has 0 atom stereocenters. The number of fused-ring (bicyclic) bond motifs is 8. The van der Waals surface area contributed by atoms with E-state index in [9.17, 15) is 4.79 Å². The summed E-state index contributed by atoms with van der Waals surface area (Å²) in [5, 5.41) is 8.00. The summed E-state index contributed by atoms with van der Waals surface area (Å²) in [4.78, 5) is 19.7. The predicted octanol–water partition coefficient (Wildman–Crippen LogP) is 12.3. The lowest BCUT2D eigenvalue weighted by Gasteiger charge is -2.20. The summed E-state index contributed by atoms with van der Waals surface area (Å²) in [6.07, 6.45) is 0. The van der Waals surface area contributed by atoms with Crippen molar-refractivity contribution in [2.45, 2.75) is 0 Å². The van der Waals surface area contributed by atoms with Crippen LogP contribution >= 0.6 is 0 Å². The summed E-state index contributed by atoms with van der Waals surface area (Å²) < 4.78 is 3.59. The second kappa shape index (κ2) is 11.9. The average Bonchev–Trinajstić information content (AvgIpc) is 3.63. The first-order valence-electron chi connectivity index (χ1n) is 18.3. The monoisotopic (exact) mass is 689 g/mol. The number of rotatable bonds is 4. The maximum absolute atomic E-state index is 14.7. The number of nitrogens with zero attached hydrogens (tertiary/aromatic N) is 3. The molecule has 2 heterocycles. The zero-order valence-corrected chi connectivity index (χ0v) is 29.1. The smallest absolute Gasteiger partial charge is 0.262 e. The molecule has 0 saturated carbocycles. The standard InChI is InChI=1S/C50H31N3O/c54-50-52(38-17-5-2-6-18-38)46-31-37(26-28-42(46)49-51-44-21-11-12-22-45(44)53(49)50)48-40-20-10-9-19-39(40)47(36-24-23-33-15-7-8-16-34(33)29-36)41-27-25-35(30-43(41)48)32-13-3-1-4-14-32/h1-31H. The van der Waals surface area contributed by atoms with Crippen LogP contribution in [0.2, 0.25) is 0 Å². The van der Waals surface area contributed by atoms with Crippen LogP contribution in [0.15, 0.2) is 193 Å². The van der Waals surface area contributed by atoms with Gasteiger partial charge in [-0.2, -0.15) is 0 Å². The van der Waals surface area contributed by atoms with Crippen LogP contribution in [0.5, 0.6) is 0 Å². The first-order valence-corrected chi connectivity index (χ1v) is 18.3. The highest BCUT2D eigenvalue weighted by atomic mass is 16.1. The fourth-order valence-corrected chi connectivity index (χ4v) is 8.45. The van der Waals surface area contributed by atoms with Gasteiger partial charge in [-0.15, -0.1) is 0 Å². The van der Waals surface area contributed by atoms with Crippen LogP contribution in [-0.4, -0.2) is 14.0 Å². The van der Waals surface area contributed by atoms with Gasteiger partial charge in [-0.05, 0) is 114 Å². The number of para-hydroxylation sites is 3. The van der Waals surface area contributed by atoms with Crippen LogP contribution < -0.4 is 5.69 Å². The summed E-state index contributed by atoms with van der Waals surface area (Å²) >= 11 is 0. The molecule has 0 aliphatic carbocycles. The van der Waals surface area contributed by atoms with E-state index in [0.29, 0.717) is 5.65 Å². The lowest BCUT2D eigenvalue weighted by molar-refractivity contribution is 0.932. The van der Waals surface area contributed by atoms with E-state index in [2.05, 4.69) is 133 Å². The summed E-state index contributed by atoms with van der Waals surface area (Å²) in [7, 11) is 0. The number of hydrogen-bond acceptors (Lipinski definition) is 2. The fraction of sp³-hybridized carbons (Fsp3) is 0. The quantitative estimate of drug-likeness (QED) is 0.173. The third-order valence-corrected chi connectivity index (χ3v) is 10.9. The molecule has 9 aromatic carbocycles. The van der Waals surface area contributed by atoms with Gasteiger partial charge in [-0.1, -0.05) is 140 Å². The normalized spacial score (nSPS) is 11.8. The van der Waals surface area contributed by atoms with Gasteiger partial charge in [-0.3, -0.25) is 4.57 Å². The fourth-order valence-electron chi connectivity index (χ4n) is 8.45. The molecule has 0 saturated heterocycles. The largest absolute Gasteiger partial charge is 0.339 e. The zero-order valence-electron chi connectivity index (χ0n) is 29.1. The Morgan fingerprint density at radius 2 is 0.981 bits per heavy atom. The molecule has 11 rings (SSSR count). The lowest BCUT2D eigenvalue weighted by Crippen LogP contribution is -2.25. The van der Waals surface area contributed by atoms with Gasteiger partial charge < -0.3 is 0 Å². The minimum absolute atomic E-state index is 0.151. The maximum atomic E-state index is 14.7. The summed E-state index contributed by atoms with van der Waals surface area (Å²) in [5.41, 5.74) is 10.6. The molecule has 252 valence electrons. The Hall–Kier alpha value is -7.30. The van der Waals surface area contributed by atoms with E-state index in [1.165, 1.54) is 32.7 Å². The first kappa shape index (κ1) is 30.3. The SMILES string of the molecule is O=c1n(-c2ccccc2)c2cc(-c3c4ccccc4c(-c4ccc5ccccc5c4)c4ccc(-c5ccccc5)cc34)ccc2c2nc3ccccc3n12. The second-order valence-electron chi connectivity index (χ2n) is 13.9. The molecule has 0 aliphatic heterocycles. The molecule has 0 aliphatic rings. The summed E-state index contributed by atoms with van der Waals surface area (Å²) in [6.45, 7) is 0. The highest BCUT2D eigenvalue weighted by molar-refractivity contribution is 6.22. The van der Waals surface area contributed by atoms with Gasteiger partial charge in [0.2, 0.25) is 0 Å². The molecule has 0 amide bonds. The molecule has 0 N–H and O–H groups in total. The Morgan fingerprint density at radius 3 is 1.80 bits per heavy atom. The van der Waals surface area contributed by atoms with Gasteiger partial charge >= 0.3 is 5.69 Å². The Labute approximate surface area is 310 Å². The van der Waals surface area contributed by atoms with Crippen molar-refractivity contribution in [2.24, 2.45) is 0 Å². The number of imidazole rings is 1. The Morgan fingerprint density at radius 1 is 0.389 bits per heavy atom. The Balaban J connectivity index is 1.28. The summed E-state index contributed by atoms with van der Waals surface area (Å²) in [5.74, 6) is 0.